The zero-order valence-corrected chi connectivity index (χ0v) is 17.1. The molecule has 0 spiro atoms. The van der Waals surface area contributed by atoms with E-state index in [2.05, 4.69) is 93.5 Å². The first-order valence-corrected chi connectivity index (χ1v) is 10.0. The van der Waals surface area contributed by atoms with Crippen LogP contribution in [0.5, 0.6) is 0 Å². The minimum absolute atomic E-state index is 0.548. The van der Waals surface area contributed by atoms with Crippen LogP contribution >= 0.6 is 15.9 Å². The fourth-order valence-corrected chi connectivity index (χ4v) is 3.62. The molecule has 0 fully saturated rings. The third-order valence-corrected chi connectivity index (χ3v) is 5.35. The van der Waals surface area contributed by atoms with E-state index in [1.54, 1.807) is 0 Å². The van der Waals surface area contributed by atoms with Crippen LogP contribution in [-0.4, -0.2) is 21.6 Å². The minimum atomic E-state index is 0.548. The number of aromatic nitrogens is 2. The maximum absolute atomic E-state index is 5.49. The minimum Gasteiger partial charge on any atom is -0.370 e. The molecular formula is C22H22BrN3O. The first-order chi connectivity index (χ1) is 13.1. The third-order valence-electron chi connectivity index (χ3n) is 4.61. The van der Waals surface area contributed by atoms with Crippen molar-refractivity contribution in [2.45, 2.75) is 26.8 Å². The number of hydrogen-bond donors (Lipinski definition) is 0. The molecule has 27 heavy (non-hydrogen) atoms. The molecule has 1 aromatic heterocycles. The van der Waals surface area contributed by atoms with E-state index < -0.39 is 0 Å². The van der Waals surface area contributed by atoms with Gasteiger partial charge in [0, 0.05) is 28.7 Å². The Morgan fingerprint density at radius 1 is 1.11 bits per heavy atom. The zero-order chi connectivity index (χ0) is 18.8. The van der Waals surface area contributed by atoms with E-state index in [4.69, 9.17) is 4.52 Å². The van der Waals surface area contributed by atoms with Crippen LogP contribution in [-0.2, 0) is 13.0 Å². The van der Waals surface area contributed by atoms with E-state index in [9.17, 15) is 0 Å². The molecule has 0 atom stereocenters. The molecule has 2 heterocycles. The van der Waals surface area contributed by atoms with Crippen molar-refractivity contribution in [2.75, 3.05) is 6.54 Å². The van der Waals surface area contributed by atoms with Crippen molar-refractivity contribution in [1.82, 2.24) is 15.0 Å². The summed E-state index contributed by atoms with van der Waals surface area (Å²) in [5, 5.41) is 4.16. The monoisotopic (exact) mass is 423 g/mol. The molecule has 0 bridgehead atoms. The molecule has 3 aromatic rings. The summed E-state index contributed by atoms with van der Waals surface area (Å²) in [6.07, 6.45) is 5.33. The van der Waals surface area contributed by atoms with Crippen molar-refractivity contribution in [3.8, 4) is 22.8 Å². The second-order valence-electron chi connectivity index (χ2n) is 7.34. The Hall–Kier alpha value is -2.40. The van der Waals surface area contributed by atoms with Crippen LogP contribution in [0.25, 0.3) is 22.8 Å². The maximum atomic E-state index is 5.49. The van der Waals surface area contributed by atoms with Crippen molar-refractivity contribution in [2.24, 2.45) is 5.92 Å². The average Bonchev–Trinajstić information content (AvgIpc) is 3.09. The molecule has 0 unspecified atom stereocenters. The van der Waals surface area contributed by atoms with Crippen LogP contribution in [0, 0.1) is 5.92 Å². The number of nitrogens with zero attached hydrogens (tertiary/aromatic N) is 3. The summed E-state index contributed by atoms with van der Waals surface area (Å²) in [6, 6.07) is 14.6. The van der Waals surface area contributed by atoms with E-state index in [0.717, 1.165) is 35.1 Å². The molecule has 0 aliphatic carbocycles. The van der Waals surface area contributed by atoms with Gasteiger partial charge in [-0.25, -0.2) is 0 Å². The summed E-state index contributed by atoms with van der Waals surface area (Å²) >= 11 is 3.67. The van der Waals surface area contributed by atoms with Gasteiger partial charge in [0.05, 0.1) is 0 Å². The summed E-state index contributed by atoms with van der Waals surface area (Å²) < 4.78 is 6.55. The van der Waals surface area contributed by atoms with Crippen molar-refractivity contribution in [3.63, 3.8) is 0 Å². The predicted octanol–water partition coefficient (Wildman–Crippen LogP) is 5.69. The quantitative estimate of drug-likeness (QED) is 0.510. The molecule has 1 aliphatic heterocycles. The van der Waals surface area contributed by atoms with Gasteiger partial charge in [0.15, 0.2) is 0 Å². The highest BCUT2D eigenvalue weighted by atomic mass is 79.9. The standard InChI is InChI=1S/C22H22BrN3O/c1-15(2)12-16-4-6-17(7-5-16)22-24-21(25-27-22)18-8-9-19(20(23)13-18)14-26-10-3-11-26/h3-10,13,15H,11-12,14H2,1-2H3. The Kier molecular flexibility index (Phi) is 5.12. The van der Waals surface area contributed by atoms with Gasteiger partial charge in [-0.15, -0.1) is 0 Å². The largest absolute Gasteiger partial charge is 0.370 e. The zero-order valence-electron chi connectivity index (χ0n) is 15.5. The molecule has 0 amide bonds. The Bertz CT molecular complexity index is 960. The fraction of sp³-hybridized carbons (Fsp3) is 0.273. The molecule has 4 nitrogen and oxygen atoms in total. The second-order valence-corrected chi connectivity index (χ2v) is 8.19. The molecule has 0 radical (unpaired) electrons. The maximum Gasteiger partial charge on any atom is 0.258 e. The van der Waals surface area contributed by atoms with Crippen molar-refractivity contribution in [3.05, 3.63) is 70.3 Å². The topological polar surface area (TPSA) is 42.2 Å². The molecule has 0 saturated carbocycles. The number of rotatable bonds is 6. The average molecular weight is 424 g/mol. The molecule has 2 aromatic carbocycles. The molecule has 0 N–H and O–H groups in total. The van der Waals surface area contributed by atoms with Crippen molar-refractivity contribution >= 4 is 15.9 Å². The van der Waals surface area contributed by atoms with Crippen LogP contribution in [0.4, 0.5) is 0 Å². The van der Waals surface area contributed by atoms with E-state index >= 15 is 0 Å². The summed E-state index contributed by atoms with van der Waals surface area (Å²) in [4.78, 5) is 6.84. The lowest BCUT2D eigenvalue weighted by Crippen LogP contribution is -2.23. The Morgan fingerprint density at radius 2 is 1.85 bits per heavy atom. The van der Waals surface area contributed by atoms with Gasteiger partial charge in [-0.05, 0) is 53.9 Å². The van der Waals surface area contributed by atoms with Crippen molar-refractivity contribution in [1.29, 1.82) is 0 Å². The van der Waals surface area contributed by atoms with Crippen LogP contribution in [0.1, 0.15) is 25.0 Å². The van der Waals surface area contributed by atoms with Gasteiger partial charge in [0.1, 0.15) is 0 Å². The van der Waals surface area contributed by atoms with E-state index in [-0.39, 0.29) is 0 Å². The SMILES string of the molecule is CC(C)Cc1ccc(-c2nc(-c3ccc(CN4C=CC4)c(Br)c3)no2)cc1. The molecule has 4 rings (SSSR count). The van der Waals surface area contributed by atoms with Crippen LogP contribution < -0.4 is 0 Å². The highest BCUT2D eigenvalue weighted by Gasteiger charge is 2.14. The highest BCUT2D eigenvalue weighted by Crippen LogP contribution is 2.28. The third kappa shape index (κ3) is 4.14. The Morgan fingerprint density at radius 3 is 2.48 bits per heavy atom. The fourth-order valence-electron chi connectivity index (χ4n) is 3.12. The molecule has 5 heteroatoms. The van der Waals surface area contributed by atoms with Gasteiger partial charge in [-0.3, -0.25) is 0 Å². The lowest BCUT2D eigenvalue weighted by Gasteiger charge is -2.25. The molecule has 0 saturated heterocycles. The number of benzene rings is 2. The summed E-state index contributed by atoms with van der Waals surface area (Å²) in [6.45, 7) is 6.36. The summed E-state index contributed by atoms with van der Waals surface area (Å²) in [7, 11) is 0. The lowest BCUT2D eigenvalue weighted by atomic mass is 10.0. The normalized spacial score (nSPS) is 13.3. The molecule has 1 aliphatic rings. The van der Waals surface area contributed by atoms with E-state index in [0.29, 0.717) is 17.6 Å². The number of halogens is 1. The predicted molar refractivity (Wildman–Crippen MR) is 111 cm³/mol. The van der Waals surface area contributed by atoms with Gasteiger partial charge in [0.25, 0.3) is 5.89 Å². The molecular weight excluding hydrogens is 402 g/mol. The highest BCUT2D eigenvalue weighted by molar-refractivity contribution is 9.10. The Balaban J connectivity index is 1.51. The van der Waals surface area contributed by atoms with E-state index in [1.807, 2.05) is 6.07 Å². The van der Waals surface area contributed by atoms with Gasteiger partial charge < -0.3 is 9.42 Å². The van der Waals surface area contributed by atoms with Crippen molar-refractivity contribution < 1.29 is 4.52 Å². The van der Waals surface area contributed by atoms with Crippen LogP contribution in [0.15, 0.2) is 63.7 Å². The molecule has 138 valence electrons. The first kappa shape index (κ1) is 18.0. The van der Waals surface area contributed by atoms with Crippen LogP contribution in [0.3, 0.4) is 0 Å². The number of hydrogen-bond acceptors (Lipinski definition) is 4. The smallest absolute Gasteiger partial charge is 0.258 e. The van der Waals surface area contributed by atoms with Crippen LogP contribution in [0.2, 0.25) is 0 Å². The summed E-state index contributed by atoms with van der Waals surface area (Å²) in [5.74, 6) is 1.80. The van der Waals surface area contributed by atoms with E-state index in [1.165, 1.54) is 11.1 Å². The summed E-state index contributed by atoms with van der Waals surface area (Å²) in [5.41, 5.74) is 4.45. The Labute approximate surface area is 168 Å². The van der Waals surface area contributed by atoms with Gasteiger partial charge in [-0.2, -0.15) is 4.98 Å². The van der Waals surface area contributed by atoms with Gasteiger partial charge in [-0.1, -0.05) is 59.2 Å². The van der Waals surface area contributed by atoms with Gasteiger partial charge >= 0.3 is 0 Å². The lowest BCUT2D eigenvalue weighted by molar-refractivity contribution is 0.367. The second kappa shape index (κ2) is 7.69. The van der Waals surface area contributed by atoms with Gasteiger partial charge in [0.2, 0.25) is 5.82 Å². The first-order valence-electron chi connectivity index (χ1n) is 9.21.